The lowest BCUT2D eigenvalue weighted by molar-refractivity contribution is -0.0457. The molecule has 0 aliphatic carbocycles. The van der Waals surface area contributed by atoms with E-state index < -0.39 is 31.2 Å². The van der Waals surface area contributed by atoms with Crippen molar-refractivity contribution < 1.29 is 19.3 Å². The van der Waals surface area contributed by atoms with Gasteiger partial charge in [0, 0.05) is 12.7 Å². The highest BCUT2D eigenvalue weighted by Crippen LogP contribution is 2.35. The van der Waals surface area contributed by atoms with Crippen molar-refractivity contribution in [3.8, 4) is 0 Å². The minimum absolute atomic E-state index is 0.00525. The molecule has 142 valence electrons. The highest BCUT2D eigenvalue weighted by molar-refractivity contribution is 6.28. The fourth-order valence-electron chi connectivity index (χ4n) is 3.21. The van der Waals surface area contributed by atoms with Crippen LogP contribution in [0.3, 0.4) is 0 Å². The van der Waals surface area contributed by atoms with E-state index in [1.54, 1.807) is 12.3 Å². The first-order valence-corrected chi connectivity index (χ1v) is 8.86. The highest BCUT2D eigenvalue weighted by Gasteiger charge is 2.45. The number of hydrogen-bond acceptors (Lipinski definition) is 6. The van der Waals surface area contributed by atoms with Gasteiger partial charge in [-0.05, 0) is 23.2 Å². The first-order valence-electron chi connectivity index (χ1n) is 8.49. The summed E-state index contributed by atoms with van der Waals surface area (Å²) in [5, 5.41) is 23.0. The molecule has 1 aliphatic heterocycles. The maximum Gasteiger partial charge on any atom is 0.226 e. The summed E-state index contributed by atoms with van der Waals surface area (Å²) in [7, 11) is 0. The Morgan fingerprint density at radius 1 is 1.22 bits per heavy atom. The second-order valence-corrected chi connectivity index (χ2v) is 6.66. The number of aromatic nitrogens is 3. The molecule has 3 heterocycles. The Morgan fingerprint density at radius 3 is 2.70 bits per heavy atom. The highest BCUT2D eigenvalue weighted by atomic mass is 35.5. The van der Waals surface area contributed by atoms with Crippen molar-refractivity contribution in [1.82, 2.24) is 14.5 Å². The zero-order valence-electron chi connectivity index (χ0n) is 14.2. The summed E-state index contributed by atoms with van der Waals surface area (Å²) >= 11 is 6.06. The molecule has 27 heavy (non-hydrogen) atoms. The molecule has 0 saturated carbocycles. The van der Waals surface area contributed by atoms with E-state index in [1.165, 1.54) is 4.57 Å². The predicted octanol–water partition coefficient (Wildman–Crippen LogP) is 2.29. The van der Waals surface area contributed by atoms with Gasteiger partial charge in [0.15, 0.2) is 12.4 Å². The van der Waals surface area contributed by atoms with Gasteiger partial charge >= 0.3 is 0 Å². The Kier molecular flexibility index (Phi) is 4.96. The quantitative estimate of drug-likeness (QED) is 0.577. The van der Waals surface area contributed by atoms with Gasteiger partial charge in [0.05, 0.1) is 12.0 Å². The van der Waals surface area contributed by atoms with E-state index in [4.69, 9.17) is 16.3 Å². The summed E-state index contributed by atoms with van der Waals surface area (Å²) in [5.74, 6) is 0.514. The molecule has 1 saturated heterocycles. The van der Waals surface area contributed by atoms with Crippen molar-refractivity contribution in [2.75, 3.05) is 11.9 Å². The molecule has 7 nitrogen and oxygen atoms in total. The van der Waals surface area contributed by atoms with Gasteiger partial charge in [-0.3, -0.25) is 0 Å². The molecular formula is C18H18ClFN4O3. The first-order chi connectivity index (χ1) is 13.1. The minimum atomic E-state index is -1.70. The average Bonchev–Trinajstić information content (AvgIpc) is 3.22. The Morgan fingerprint density at radius 2 is 2.00 bits per heavy atom. The van der Waals surface area contributed by atoms with Crippen LogP contribution in [0.25, 0.3) is 11.0 Å². The topological polar surface area (TPSA) is 92.4 Å². The molecule has 0 spiro atoms. The number of aliphatic hydroxyl groups excluding tert-OH is 2. The molecule has 4 rings (SSSR count). The zero-order valence-corrected chi connectivity index (χ0v) is 14.9. The predicted molar refractivity (Wildman–Crippen MR) is 98.2 cm³/mol. The van der Waals surface area contributed by atoms with Gasteiger partial charge in [0.1, 0.15) is 23.7 Å². The lowest BCUT2D eigenvalue weighted by Gasteiger charge is -2.16. The number of nitrogens with one attached hydrogen (secondary N) is 1. The number of halogens is 2. The van der Waals surface area contributed by atoms with Crippen LogP contribution in [0.15, 0.2) is 42.6 Å². The summed E-state index contributed by atoms with van der Waals surface area (Å²) in [6.45, 7) is 0.0579. The Balaban J connectivity index is 1.66. The Hall–Kier alpha value is -2.26. The van der Waals surface area contributed by atoms with Gasteiger partial charge in [-0.2, -0.15) is 4.98 Å². The number of fused-ring (bicyclic) bond motifs is 1. The number of aliphatic hydroxyl groups is 2. The Labute approximate surface area is 159 Å². The van der Waals surface area contributed by atoms with Crippen LogP contribution < -0.4 is 5.32 Å². The molecule has 4 atom stereocenters. The molecular weight excluding hydrogens is 375 g/mol. The fraction of sp³-hybridized carbons (Fsp3) is 0.333. The van der Waals surface area contributed by atoms with Gasteiger partial charge in [0.25, 0.3) is 0 Å². The van der Waals surface area contributed by atoms with E-state index >= 15 is 0 Å². The Bertz CT molecular complexity index is 939. The third-order valence-corrected chi connectivity index (χ3v) is 4.76. The third-order valence-electron chi connectivity index (χ3n) is 4.60. The zero-order chi connectivity index (χ0) is 19.0. The first kappa shape index (κ1) is 18.1. The average molecular weight is 393 g/mol. The van der Waals surface area contributed by atoms with Crippen LogP contribution in [0.2, 0.25) is 5.28 Å². The number of rotatable bonds is 5. The van der Waals surface area contributed by atoms with Crippen LogP contribution in [0, 0.1) is 0 Å². The molecule has 9 heteroatoms. The summed E-state index contributed by atoms with van der Waals surface area (Å²) in [4.78, 5) is 8.42. The second kappa shape index (κ2) is 7.40. The van der Waals surface area contributed by atoms with Gasteiger partial charge in [0.2, 0.25) is 5.28 Å². The molecule has 0 bridgehead atoms. The number of ether oxygens (including phenoxy) is 1. The summed E-state index contributed by atoms with van der Waals surface area (Å²) in [6.07, 6.45) is -3.61. The molecule has 0 unspecified atom stereocenters. The minimum Gasteiger partial charge on any atom is -0.394 e. The van der Waals surface area contributed by atoms with E-state index in [0.29, 0.717) is 23.4 Å². The number of benzene rings is 1. The van der Waals surface area contributed by atoms with Gasteiger partial charge in [-0.25, -0.2) is 9.37 Å². The van der Waals surface area contributed by atoms with E-state index in [2.05, 4.69) is 15.3 Å². The van der Waals surface area contributed by atoms with E-state index in [0.717, 1.165) is 5.56 Å². The van der Waals surface area contributed by atoms with Gasteiger partial charge in [-0.1, -0.05) is 30.3 Å². The lowest BCUT2D eigenvalue weighted by atomic mass is 10.1. The SMILES string of the molecule is OC[C@H]1O[C@@H](n2ccc3c(NCc4ccccc4)nc(Cl)nc32)[C@@H](F)[C@@H]1O. The van der Waals surface area contributed by atoms with Crippen molar-refractivity contribution >= 4 is 28.5 Å². The van der Waals surface area contributed by atoms with Crippen molar-refractivity contribution in [3.63, 3.8) is 0 Å². The molecule has 0 amide bonds. The van der Waals surface area contributed by atoms with Crippen LogP contribution in [0.1, 0.15) is 11.8 Å². The third kappa shape index (κ3) is 3.37. The van der Waals surface area contributed by atoms with Crippen molar-refractivity contribution in [2.24, 2.45) is 0 Å². The van der Waals surface area contributed by atoms with Crippen LogP contribution in [-0.4, -0.2) is 49.7 Å². The van der Waals surface area contributed by atoms with Crippen molar-refractivity contribution in [2.45, 2.75) is 31.2 Å². The fourth-order valence-corrected chi connectivity index (χ4v) is 3.37. The normalized spacial score (nSPS) is 25.2. The van der Waals surface area contributed by atoms with Crippen LogP contribution in [0.5, 0.6) is 0 Å². The monoisotopic (exact) mass is 392 g/mol. The van der Waals surface area contributed by atoms with Crippen LogP contribution in [0.4, 0.5) is 10.2 Å². The molecule has 2 aromatic heterocycles. The second-order valence-electron chi connectivity index (χ2n) is 6.32. The van der Waals surface area contributed by atoms with Crippen molar-refractivity contribution in [1.29, 1.82) is 0 Å². The van der Waals surface area contributed by atoms with E-state index in [1.807, 2.05) is 30.3 Å². The summed E-state index contributed by atoms with van der Waals surface area (Å²) in [6, 6.07) is 11.5. The lowest BCUT2D eigenvalue weighted by Crippen LogP contribution is -2.30. The largest absolute Gasteiger partial charge is 0.394 e. The molecule has 1 aliphatic rings. The molecule has 3 aromatic rings. The smallest absolute Gasteiger partial charge is 0.226 e. The maximum absolute atomic E-state index is 14.5. The summed E-state index contributed by atoms with van der Waals surface area (Å²) < 4.78 is 21.4. The van der Waals surface area contributed by atoms with Crippen LogP contribution in [-0.2, 0) is 11.3 Å². The van der Waals surface area contributed by atoms with Crippen molar-refractivity contribution in [3.05, 3.63) is 53.4 Å². The summed E-state index contributed by atoms with van der Waals surface area (Å²) in [5.41, 5.74) is 1.45. The number of nitrogens with zero attached hydrogens (tertiary/aromatic N) is 3. The van der Waals surface area contributed by atoms with E-state index in [9.17, 15) is 14.6 Å². The van der Waals surface area contributed by atoms with Crippen LogP contribution >= 0.6 is 11.6 Å². The number of anilines is 1. The van der Waals surface area contributed by atoms with Gasteiger partial charge < -0.3 is 24.8 Å². The molecule has 1 aromatic carbocycles. The standard InChI is InChI=1S/C18H18ClFN4O3/c19-18-22-15(21-8-10-4-2-1-3-5-10)11-6-7-24(16(11)23-18)17-13(20)14(26)12(9-25)27-17/h1-7,12-14,17,25-26H,8-9H2,(H,21,22,23)/t12-,13+,14-,17-/m1/s1. The molecule has 1 fully saturated rings. The molecule has 0 radical (unpaired) electrons. The number of hydrogen-bond donors (Lipinski definition) is 3. The maximum atomic E-state index is 14.5. The van der Waals surface area contributed by atoms with Gasteiger partial charge in [-0.15, -0.1) is 0 Å². The number of alkyl halides is 1. The van der Waals surface area contributed by atoms with E-state index in [-0.39, 0.29) is 5.28 Å². The molecule has 3 N–H and O–H groups in total.